The van der Waals surface area contributed by atoms with Gasteiger partial charge in [0.05, 0.1) is 11.4 Å². The van der Waals surface area contributed by atoms with E-state index in [1.54, 1.807) is 18.2 Å². The molecule has 2 heterocycles. The molecule has 6 heteroatoms. The molecule has 2 aromatic heterocycles. The molecule has 0 bridgehead atoms. The zero-order valence-corrected chi connectivity index (χ0v) is 10.1. The van der Waals surface area contributed by atoms with Gasteiger partial charge in [-0.05, 0) is 41.1 Å². The number of rotatable bonds is 2. The fourth-order valence-electron chi connectivity index (χ4n) is 1.23. The van der Waals surface area contributed by atoms with Crippen LogP contribution in [0.3, 0.4) is 0 Å². The molecule has 1 amide bonds. The van der Waals surface area contributed by atoms with Crippen molar-refractivity contribution in [3.63, 3.8) is 0 Å². The molecule has 0 fully saturated rings. The van der Waals surface area contributed by atoms with Crippen molar-refractivity contribution in [2.75, 3.05) is 5.32 Å². The summed E-state index contributed by atoms with van der Waals surface area (Å²) < 4.78 is 0.740. The zero-order valence-electron chi connectivity index (χ0n) is 8.49. The van der Waals surface area contributed by atoms with Gasteiger partial charge < -0.3 is 5.32 Å². The highest BCUT2D eigenvalue weighted by Crippen LogP contribution is 2.16. The maximum Gasteiger partial charge on any atom is 0.273 e. The molecule has 0 aliphatic heterocycles. The Bertz CT molecular complexity index is 510. The lowest BCUT2D eigenvalue weighted by Crippen LogP contribution is -2.13. The summed E-state index contributed by atoms with van der Waals surface area (Å²) in [7, 11) is 0. The molecule has 0 atom stereocenters. The van der Waals surface area contributed by atoms with Crippen LogP contribution in [0.1, 0.15) is 16.2 Å². The lowest BCUT2D eigenvalue weighted by atomic mass is 10.3. The quantitative estimate of drug-likeness (QED) is 0.828. The van der Waals surface area contributed by atoms with Gasteiger partial charge in [-0.25, -0.2) is 4.98 Å². The van der Waals surface area contributed by atoms with Crippen LogP contribution in [0.2, 0.25) is 0 Å². The van der Waals surface area contributed by atoms with Gasteiger partial charge in [-0.1, -0.05) is 0 Å². The summed E-state index contributed by atoms with van der Waals surface area (Å²) in [6.45, 7) is 1.83. The number of pyridine rings is 1. The molecular weight excluding hydrogens is 272 g/mol. The molecule has 16 heavy (non-hydrogen) atoms. The van der Waals surface area contributed by atoms with E-state index in [2.05, 4.69) is 36.4 Å². The first kappa shape index (κ1) is 10.8. The smallest absolute Gasteiger partial charge is 0.273 e. The number of aromatic nitrogens is 3. The normalized spacial score (nSPS) is 10.1. The maximum atomic E-state index is 11.7. The van der Waals surface area contributed by atoms with Gasteiger partial charge in [0, 0.05) is 6.20 Å². The summed E-state index contributed by atoms with van der Waals surface area (Å²) in [5.74, 6) is -0.232. The third-order valence-corrected chi connectivity index (χ3v) is 2.49. The predicted molar refractivity (Wildman–Crippen MR) is 63.2 cm³/mol. The van der Waals surface area contributed by atoms with Crippen LogP contribution in [0.25, 0.3) is 0 Å². The first-order valence-corrected chi connectivity index (χ1v) is 5.40. The van der Waals surface area contributed by atoms with E-state index in [-0.39, 0.29) is 5.91 Å². The van der Waals surface area contributed by atoms with Crippen molar-refractivity contribution < 1.29 is 4.79 Å². The molecule has 0 saturated carbocycles. The van der Waals surface area contributed by atoms with Crippen molar-refractivity contribution in [2.45, 2.75) is 6.92 Å². The number of hydrogen-bond acceptors (Lipinski definition) is 3. The van der Waals surface area contributed by atoms with Crippen LogP contribution in [-0.4, -0.2) is 21.1 Å². The van der Waals surface area contributed by atoms with Gasteiger partial charge in [-0.2, -0.15) is 5.10 Å². The topological polar surface area (TPSA) is 70.7 Å². The molecule has 5 nitrogen and oxygen atoms in total. The van der Waals surface area contributed by atoms with Crippen molar-refractivity contribution in [3.05, 3.63) is 40.4 Å². The third kappa shape index (κ3) is 2.27. The van der Waals surface area contributed by atoms with Crippen molar-refractivity contribution >= 4 is 27.5 Å². The highest BCUT2D eigenvalue weighted by Gasteiger charge is 2.09. The van der Waals surface area contributed by atoms with E-state index in [4.69, 9.17) is 0 Å². The minimum absolute atomic E-state index is 0.232. The fraction of sp³-hybridized carbons (Fsp3) is 0.100. The van der Waals surface area contributed by atoms with E-state index in [0.717, 1.165) is 10.3 Å². The Balaban J connectivity index is 2.18. The van der Waals surface area contributed by atoms with Crippen molar-refractivity contribution in [2.24, 2.45) is 0 Å². The molecule has 0 aliphatic rings. The number of aromatic amines is 1. The van der Waals surface area contributed by atoms with Crippen LogP contribution in [0.15, 0.2) is 29.0 Å². The second-order valence-electron chi connectivity index (χ2n) is 3.19. The van der Waals surface area contributed by atoms with Gasteiger partial charge in [-0.15, -0.1) is 0 Å². The van der Waals surface area contributed by atoms with Crippen molar-refractivity contribution in [3.8, 4) is 0 Å². The first-order valence-electron chi connectivity index (χ1n) is 4.60. The Morgan fingerprint density at radius 2 is 2.25 bits per heavy atom. The molecule has 0 spiro atoms. The van der Waals surface area contributed by atoms with Gasteiger partial charge in [-0.3, -0.25) is 9.89 Å². The average molecular weight is 281 g/mol. The molecule has 2 rings (SSSR count). The molecule has 2 N–H and O–H groups in total. The number of anilines is 1. The van der Waals surface area contributed by atoms with Crippen molar-refractivity contribution in [1.82, 2.24) is 15.2 Å². The predicted octanol–water partition coefficient (Wildman–Crippen LogP) is 2.13. The van der Waals surface area contributed by atoms with Crippen LogP contribution in [0.4, 0.5) is 5.69 Å². The molecule has 0 aromatic carbocycles. The maximum absolute atomic E-state index is 11.7. The monoisotopic (exact) mass is 280 g/mol. The molecule has 2 aromatic rings. The van der Waals surface area contributed by atoms with E-state index < -0.39 is 0 Å². The Hall–Kier alpha value is -1.69. The number of hydrogen-bond donors (Lipinski definition) is 2. The minimum atomic E-state index is -0.232. The van der Waals surface area contributed by atoms with Gasteiger partial charge in [0.15, 0.2) is 0 Å². The van der Waals surface area contributed by atoms with E-state index in [1.807, 2.05) is 6.92 Å². The lowest BCUT2D eigenvalue weighted by Gasteiger charge is -2.06. The number of amides is 1. The Morgan fingerprint density at radius 3 is 2.88 bits per heavy atom. The lowest BCUT2D eigenvalue weighted by molar-refractivity contribution is 0.102. The molecule has 0 unspecified atom stereocenters. The number of nitrogens with zero attached hydrogens (tertiary/aromatic N) is 2. The highest BCUT2D eigenvalue weighted by atomic mass is 79.9. The number of halogens is 1. The van der Waals surface area contributed by atoms with Crippen LogP contribution >= 0.6 is 15.9 Å². The molecule has 0 aliphatic carbocycles. The number of carbonyl (C=O) groups excluding carboxylic acids is 1. The Morgan fingerprint density at radius 1 is 1.44 bits per heavy atom. The summed E-state index contributed by atoms with van der Waals surface area (Å²) in [6.07, 6.45) is 1.53. The van der Waals surface area contributed by atoms with E-state index in [0.29, 0.717) is 11.4 Å². The second-order valence-corrected chi connectivity index (χ2v) is 4.00. The largest absolute Gasteiger partial charge is 0.319 e. The van der Waals surface area contributed by atoms with Gasteiger partial charge in [0.2, 0.25) is 0 Å². The third-order valence-electron chi connectivity index (χ3n) is 2.05. The van der Waals surface area contributed by atoms with Gasteiger partial charge >= 0.3 is 0 Å². The molecule has 0 radical (unpaired) electrons. The van der Waals surface area contributed by atoms with Gasteiger partial charge in [0.25, 0.3) is 5.91 Å². The summed E-state index contributed by atoms with van der Waals surface area (Å²) in [6, 6.07) is 5.17. The van der Waals surface area contributed by atoms with Crippen molar-refractivity contribution in [1.29, 1.82) is 0 Å². The summed E-state index contributed by atoms with van der Waals surface area (Å²) in [5.41, 5.74) is 1.85. The summed E-state index contributed by atoms with van der Waals surface area (Å²) in [5, 5.41) is 9.06. The highest BCUT2D eigenvalue weighted by molar-refractivity contribution is 9.10. The molecule has 82 valence electrons. The van der Waals surface area contributed by atoms with Crippen LogP contribution in [0, 0.1) is 6.92 Å². The standard InChI is InChI=1S/C10H9BrN4O/c1-6-7(2-3-9(11)13-6)14-10(16)8-4-5-12-15-8/h2-5H,1H3,(H,12,15)(H,14,16). The minimum Gasteiger partial charge on any atom is -0.319 e. The first-order chi connectivity index (χ1) is 7.66. The Kier molecular flexibility index (Phi) is 3.00. The fourth-order valence-corrected chi connectivity index (χ4v) is 1.63. The second kappa shape index (κ2) is 4.44. The van der Waals surface area contributed by atoms with E-state index in [1.165, 1.54) is 6.20 Å². The average Bonchev–Trinajstić information content (AvgIpc) is 2.75. The van der Waals surface area contributed by atoms with Crippen LogP contribution in [-0.2, 0) is 0 Å². The van der Waals surface area contributed by atoms with Crippen LogP contribution in [0.5, 0.6) is 0 Å². The molecular formula is C10H9BrN4O. The summed E-state index contributed by atoms with van der Waals surface area (Å²) >= 11 is 3.26. The number of H-pyrrole nitrogens is 1. The number of aryl methyl sites for hydroxylation is 1. The van der Waals surface area contributed by atoms with E-state index >= 15 is 0 Å². The number of carbonyl (C=O) groups is 1. The van der Waals surface area contributed by atoms with Crippen LogP contribution < -0.4 is 5.32 Å². The summed E-state index contributed by atoms with van der Waals surface area (Å²) in [4.78, 5) is 15.9. The SMILES string of the molecule is Cc1nc(Br)ccc1NC(=O)c1ccn[nH]1. The Labute approximate surface area is 100 Å². The number of nitrogens with one attached hydrogen (secondary N) is 2. The van der Waals surface area contributed by atoms with Gasteiger partial charge in [0.1, 0.15) is 10.3 Å². The van der Waals surface area contributed by atoms with E-state index in [9.17, 15) is 4.79 Å². The molecule has 0 saturated heterocycles. The zero-order chi connectivity index (χ0) is 11.5.